The van der Waals surface area contributed by atoms with Crippen LogP contribution >= 0.6 is 0 Å². The number of nitrogens with one attached hydrogen (secondary N) is 1. The lowest BCUT2D eigenvalue weighted by Gasteiger charge is -2.48. The summed E-state index contributed by atoms with van der Waals surface area (Å²) < 4.78 is 34.5. The van der Waals surface area contributed by atoms with Crippen LogP contribution in [0.1, 0.15) is 438 Å². The fourth-order valence-corrected chi connectivity index (χ4v) is 16.6. The first-order valence-corrected chi connectivity index (χ1v) is 48.1. The van der Waals surface area contributed by atoms with Gasteiger partial charge in [0.25, 0.3) is 0 Å². The third kappa shape index (κ3) is 52.3. The first-order chi connectivity index (χ1) is 55.3. The number of hydrogen-bond donors (Lipinski definition) is 12. The molecule has 668 valence electrons. The van der Waals surface area contributed by atoms with Crippen LogP contribution in [-0.2, 0) is 33.2 Å². The van der Waals surface area contributed by atoms with E-state index < -0.39 is 124 Å². The van der Waals surface area contributed by atoms with Crippen LogP contribution in [0.15, 0.2) is 24.3 Å². The fourth-order valence-electron chi connectivity index (χ4n) is 16.6. The highest BCUT2D eigenvalue weighted by atomic mass is 16.8. The van der Waals surface area contributed by atoms with E-state index in [0.29, 0.717) is 12.8 Å². The molecule has 0 radical (unpaired) electrons. The van der Waals surface area contributed by atoms with Crippen molar-refractivity contribution in [2.75, 3.05) is 26.4 Å². The van der Waals surface area contributed by atoms with Gasteiger partial charge in [-0.2, -0.15) is 0 Å². The number of allylic oxidation sites excluding steroid dienone is 3. The molecule has 3 aliphatic heterocycles. The lowest BCUT2D eigenvalue weighted by Crippen LogP contribution is -2.66. The number of aliphatic hydroxyl groups is 11. The Labute approximate surface area is 689 Å². The number of unbranched alkanes of at least 4 members (excludes halogenated alkanes) is 62. The van der Waals surface area contributed by atoms with Crippen molar-refractivity contribution in [1.82, 2.24) is 5.32 Å². The SMILES string of the molecule is CCCCCCCCCCCCCCCCCCCCCCCCCCCCC/C=C/CC/C=C/C(O)C(COC1OC(CO)C(OC2OC(CO)C(OC3OC(CO)C(O)C(O)C3O)C(O)C2O)C(O)C1O)NC(=O)CCCCCCCCCCCCCCCCCCCCCCCCCCCCCCCCCCCCC. The Morgan fingerprint density at radius 3 is 0.885 bits per heavy atom. The molecule has 3 fully saturated rings. The largest absolute Gasteiger partial charge is 0.394 e. The topological polar surface area (TPSA) is 307 Å². The molecule has 17 atom stereocenters. The zero-order valence-corrected chi connectivity index (χ0v) is 72.4. The van der Waals surface area contributed by atoms with Crippen molar-refractivity contribution < 1.29 is 89.4 Å². The molecule has 19 nitrogen and oxygen atoms in total. The smallest absolute Gasteiger partial charge is 0.220 e. The van der Waals surface area contributed by atoms with Crippen molar-refractivity contribution in [2.45, 2.75) is 542 Å². The van der Waals surface area contributed by atoms with E-state index in [1.165, 1.54) is 366 Å². The molecule has 3 rings (SSSR count). The number of carbonyl (C=O) groups is 1. The lowest BCUT2D eigenvalue weighted by molar-refractivity contribution is -0.379. The summed E-state index contributed by atoms with van der Waals surface area (Å²) in [7, 11) is 0. The van der Waals surface area contributed by atoms with Crippen molar-refractivity contribution in [3.8, 4) is 0 Å². The van der Waals surface area contributed by atoms with Crippen molar-refractivity contribution in [2.24, 2.45) is 0 Å². The number of hydrogen-bond acceptors (Lipinski definition) is 18. The summed E-state index contributed by atoms with van der Waals surface area (Å²) >= 11 is 0. The molecule has 17 unspecified atom stereocenters. The normalized spacial score (nSPS) is 24.8. The van der Waals surface area contributed by atoms with Gasteiger partial charge in [-0.25, -0.2) is 0 Å². The molecular weight excluding hydrogens is 1430 g/mol. The van der Waals surface area contributed by atoms with E-state index in [1.807, 2.05) is 6.08 Å². The number of ether oxygens (including phenoxy) is 6. The zero-order chi connectivity index (χ0) is 81.7. The predicted molar refractivity (Wildman–Crippen MR) is 457 cm³/mol. The Balaban J connectivity index is 1.31. The summed E-state index contributed by atoms with van der Waals surface area (Å²) in [6, 6.07) is -0.990. The summed E-state index contributed by atoms with van der Waals surface area (Å²) in [5.41, 5.74) is 0. The van der Waals surface area contributed by atoms with Gasteiger partial charge in [0.05, 0.1) is 38.6 Å². The van der Waals surface area contributed by atoms with Gasteiger partial charge in [-0.05, 0) is 32.1 Å². The number of rotatable bonds is 80. The number of aliphatic hydroxyl groups excluding tert-OH is 11. The van der Waals surface area contributed by atoms with Gasteiger partial charge in [0.2, 0.25) is 5.91 Å². The molecular formula is C94H179NO18. The van der Waals surface area contributed by atoms with E-state index in [1.54, 1.807) is 6.08 Å². The molecule has 0 bridgehead atoms. The molecule has 3 heterocycles. The Bertz CT molecular complexity index is 2130. The molecule has 12 N–H and O–H groups in total. The fraction of sp³-hybridized carbons (Fsp3) is 0.947. The second kappa shape index (κ2) is 74.1. The minimum Gasteiger partial charge on any atom is -0.394 e. The van der Waals surface area contributed by atoms with Crippen molar-refractivity contribution in [3.05, 3.63) is 24.3 Å². The molecule has 0 aromatic heterocycles. The molecule has 0 saturated carbocycles. The monoisotopic (exact) mass is 1610 g/mol. The van der Waals surface area contributed by atoms with Gasteiger partial charge < -0.3 is 89.9 Å². The van der Waals surface area contributed by atoms with Crippen LogP contribution in [-0.4, -0.2) is 193 Å². The summed E-state index contributed by atoms with van der Waals surface area (Å²) in [4.78, 5) is 13.5. The van der Waals surface area contributed by atoms with Crippen molar-refractivity contribution in [1.29, 1.82) is 0 Å². The van der Waals surface area contributed by atoms with Gasteiger partial charge in [0.1, 0.15) is 73.2 Å². The number of amides is 1. The maximum Gasteiger partial charge on any atom is 0.220 e. The molecule has 1 amide bonds. The average molecular weight is 1610 g/mol. The quantitative estimate of drug-likeness (QED) is 0.0199. The Morgan fingerprint density at radius 2 is 0.566 bits per heavy atom. The van der Waals surface area contributed by atoms with E-state index in [-0.39, 0.29) is 18.9 Å². The van der Waals surface area contributed by atoms with Gasteiger partial charge in [-0.15, -0.1) is 0 Å². The lowest BCUT2D eigenvalue weighted by atomic mass is 9.96. The van der Waals surface area contributed by atoms with Crippen LogP contribution in [0.3, 0.4) is 0 Å². The molecule has 3 saturated heterocycles. The van der Waals surface area contributed by atoms with E-state index in [4.69, 9.17) is 28.4 Å². The van der Waals surface area contributed by atoms with E-state index in [2.05, 4.69) is 31.3 Å². The average Bonchev–Trinajstić information content (AvgIpc) is 0.777. The summed E-state index contributed by atoms with van der Waals surface area (Å²) in [6.45, 7) is 1.81. The summed E-state index contributed by atoms with van der Waals surface area (Å²) in [6.07, 6.45) is 67.9. The van der Waals surface area contributed by atoms with Crippen LogP contribution in [0.25, 0.3) is 0 Å². The zero-order valence-electron chi connectivity index (χ0n) is 72.4. The van der Waals surface area contributed by atoms with Crippen molar-refractivity contribution >= 4 is 5.91 Å². The Morgan fingerprint density at radius 1 is 0.310 bits per heavy atom. The number of carbonyl (C=O) groups excluding carboxylic acids is 1. The second-order valence-electron chi connectivity index (χ2n) is 34.5. The Hall–Kier alpha value is -1.73. The van der Waals surface area contributed by atoms with Gasteiger partial charge in [0.15, 0.2) is 18.9 Å². The summed E-state index contributed by atoms with van der Waals surface area (Å²) in [5, 5.41) is 121. The highest BCUT2D eigenvalue weighted by Crippen LogP contribution is 2.34. The van der Waals surface area contributed by atoms with Crippen LogP contribution in [0.5, 0.6) is 0 Å². The summed E-state index contributed by atoms with van der Waals surface area (Å²) in [5.74, 6) is -0.275. The van der Waals surface area contributed by atoms with Crippen LogP contribution < -0.4 is 5.32 Å². The van der Waals surface area contributed by atoms with Crippen LogP contribution in [0, 0.1) is 0 Å². The standard InChI is InChI=1S/C94H179NO18/c1-3-5-7-9-11-13-15-17-19-21-23-25-27-29-31-33-35-37-38-40-42-44-46-48-50-52-54-56-58-60-62-64-66-68-70-72-82(100)95-77(78(99)71-69-67-65-63-61-59-57-55-53-51-49-47-45-43-41-39-36-34-32-30-28-26-24-22-20-18-16-14-12-10-8-6-4-2)76-108-92-88(106)85(103)90(80(74-97)110-92)113-94-89(107)86(104)91(81(75-98)111-94)112-93-87(105)84(102)83(101)79(73-96)109-93/h61,63,69,71,77-81,83-94,96-99,101-107H,3-60,62,64-68,70,72-76H2,1-2H3,(H,95,100)/b63-61+,71-69+. The van der Waals surface area contributed by atoms with E-state index >= 15 is 0 Å². The highest BCUT2D eigenvalue weighted by Gasteiger charge is 2.54. The van der Waals surface area contributed by atoms with Gasteiger partial charge in [0, 0.05) is 6.42 Å². The molecule has 19 heteroatoms. The maximum absolute atomic E-state index is 13.5. The van der Waals surface area contributed by atoms with Crippen molar-refractivity contribution in [3.63, 3.8) is 0 Å². The molecule has 113 heavy (non-hydrogen) atoms. The van der Waals surface area contributed by atoms with Gasteiger partial charge >= 0.3 is 0 Å². The predicted octanol–water partition coefficient (Wildman–Crippen LogP) is 19.2. The van der Waals surface area contributed by atoms with Gasteiger partial charge in [-0.3, -0.25) is 4.79 Å². The van der Waals surface area contributed by atoms with Gasteiger partial charge in [-0.1, -0.05) is 423 Å². The molecule has 0 aromatic rings. The first kappa shape index (κ1) is 105. The molecule has 0 aromatic carbocycles. The Kier molecular flexibility index (Phi) is 69.2. The van der Waals surface area contributed by atoms with Crippen LogP contribution in [0.4, 0.5) is 0 Å². The van der Waals surface area contributed by atoms with E-state index in [9.17, 15) is 61.0 Å². The maximum atomic E-state index is 13.5. The van der Waals surface area contributed by atoms with E-state index in [0.717, 1.165) is 38.5 Å². The minimum absolute atomic E-state index is 0.242. The molecule has 0 spiro atoms. The first-order valence-electron chi connectivity index (χ1n) is 48.1. The highest BCUT2D eigenvalue weighted by molar-refractivity contribution is 5.76. The second-order valence-corrected chi connectivity index (χ2v) is 34.5. The third-order valence-electron chi connectivity index (χ3n) is 24.3. The molecule has 0 aliphatic carbocycles. The van der Waals surface area contributed by atoms with Crippen LogP contribution in [0.2, 0.25) is 0 Å². The minimum atomic E-state index is -1.98. The molecule has 3 aliphatic rings. The third-order valence-corrected chi connectivity index (χ3v) is 24.3.